The third kappa shape index (κ3) is 2.62. The highest BCUT2D eigenvalue weighted by Gasteiger charge is 2.28. The number of methoxy groups -OCH3 is 1. The maximum atomic E-state index is 5.59. The minimum absolute atomic E-state index is 0.236. The van der Waals surface area contributed by atoms with Crippen molar-refractivity contribution in [2.24, 2.45) is 0 Å². The van der Waals surface area contributed by atoms with Crippen molar-refractivity contribution in [3.05, 3.63) is 15.6 Å². The first kappa shape index (κ1) is 13.6. The number of aryl methyl sites for hydroxylation is 1. The molecule has 0 saturated carbocycles. The van der Waals surface area contributed by atoms with Gasteiger partial charge in [0, 0.05) is 18.5 Å². The maximum Gasteiger partial charge on any atom is 0.125 e. The maximum absolute atomic E-state index is 5.59. The van der Waals surface area contributed by atoms with Crippen molar-refractivity contribution < 1.29 is 4.74 Å². The molecule has 1 aromatic heterocycles. The van der Waals surface area contributed by atoms with E-state index >= 15 is 0 Å². The van der Waals surface area contributed by atoms with Gasteiger partial charge in [-0.25, -0.2) is 4.98 Å². The van der Waals surface area contributed by atoms with Crippen LogP contribution in [0.2, 0.25) is 0 Å². The number of nitrogens with one attached hydrogen (secondary N) is 1. The fourth-order valence-corrected chi connectivity index (χ4v) is 2.92. The van der Waals surface area contributed by atoms with E-state index < -0.39 is 0 Å². The van der Waals surface area contributed by atoms with Crippen molar-refractivity contribution in [1.29, 1.82) is 0 Å². The van der Waals surface area contributed by atoms with E-state index in [0.29, 0.717) is 0 Å². The molecular formula is C12H22N2OS. The second-order valence-electron chi connectivity index (χ2n) is 4.06. The summed E-state index contributed by atoms with van der Waals surface area (Å²) in [5.74, 6) is 0. The van der Waals surface area contributed by atoms with E-state index in [9.17, 15) is 0 Å². The monoisotopic (exact) mass is 242 g/mol. The molecular weight excluding hydrogens is 220 g/mol. The average Bonchev–Trinajstić information content (AvgIpc) is 2.72. The fraction of sp³-hybridized carbons (Fsp3) is 0.750. The Morgan fingerprint density at radius 3 is 2.56 bits per heavy atom. The second kappa shape index (κ2) is 5.75. The number of rotatable bonds is 6. The molecule has 0 spiro atoms. The van der Waals surface area contributed by atoms with Gasteiger partial charge in [-0.3, -0.25) is 0 Å². The molecule has 0 aliphatic heterocycles. The Balaban J connectivity index is 3.06. The average molecular weight is 242 g/mol. The van der Waals surface area contributed by atoms with Crippen LogP contribution in [0.4, 0.5) is 0 Å². The first-order chi connectivity index (χ1) is 7.61. The van der Waals surface area contributed by atoms with E-state index in [1.54, 1.807) is 18.4 Å². The molecule has 0 saturated heterocycles. The lowest BCUT2D eigenvalue weighted by Crippen LogP contribution is -2.22. The van der Waals surface area contributed by atoms with Crippen LogP contribution in [0, 0.1) is 0 Å². The van der Waals surface area contributed by atoms with E-state index in [-0.39, 0.29) is 5.60 Å². The minimum Gasteiger partial charge on any atom is -0.371 e. The van der Waals surface area contributed by atoms with Gasteiger partial charge < -0.3 is 10.1 Å². The number of hydrogen-bond donors (Lipinski definition) is 1. The molecule has 0 amide bonds. The highest BCUT2D eigenvalue weighted by Crippen LogP contribution is 2.33. The fourth-order valence-electron chi connectivity index (χ4n) is 1.57. The number of hydrogen-bond acceptors (Lipinski definition) is 4. The SMILES string of the molecule is CCc1nc(C(C)(CC)OC)sc1CNC. The van der Waals surface area contributed by atoms with Gasteiger partial charge in [0.25, 0.3) is 0 Å². The second-order valence-corrected chi connectivity index (χ2v) is 5.14. The van der Waals surface area contributed by atoms with Crippen molar-refractivity contribution in [2.75, 3.05) is 14.2 Å². The van der Waals surface area contributed by atoms with Crippen LogP contribution in [-0.2, 0) is 23.3 Å². The molecule has 1 unspecified atom stereocenters. The lowest BCUT2D eigenvalue weighted by molar-refractivity contribution is -0.00166. The highest BCUT2D eigenvalue weighted by atomic mass is 32.1. The van der Waals surface area contributed by atoms with Gasteiger partial charge in [0.2, 0.25) is 0 Å². The standard InChI is InChI=1S/C12H22N2OS/c1-6-9-10(8-13-4)16-11(14-9)12(3,7-2)15-5/h13H,6-8H2,1-5H3. The molecule has 1 aromatic rings. The summed E-state index contributed by atoms with van der Waals surface area (Å²) in [4.78, 5) is 6.04. The predicted octanol–water partition coefficient (Wildman–Crippen LogP) is 2.70. The van der Waals surface area contributed by atoms with Gasteiger partial charge in [-0.2, -0.15) is 0 Å². The summed E-state index contributed by atoms with van der Waals surface area (Å²) in [6.45, 7) is 7.28. The van der Waals surface area contributed by atoms with Crippen molar-refractivity contribution in [2.45, 2.75) is 45.8 Å². The summed E-state index contributed by atoms with van der Waals surface area (Å²) >= 11 is 1.77. The zero-order valence-corrected chi connectivity index (χ0v) is 11.7. The highest BCUT2D eigenvalue weighted by molar-refractivity contribution is 7.11. The predicted molar refractivity (Wildman–Crippen MR) is 68.9 cm³/mol. The van der Waals surface area contributed by atoms with E-state index in [0.717, 1.165) is 24.4 Å². The van der Waals surface area contributed by atoms with Crippen LogP contribution in [-0.4, -0.2) is 19.1 Å². The molecule has 4 heteroatoms. The van der Waals surface area contributed by atoms with Crippen LogP contribution in [0.3, 0.4) is 0 Å². The summed E-state index contributed by atoms with van der Waals surface area (Å²) in [7, 11) is 3.72. The molecule has 0 bridgehead atoms. The van der Waals surface area contributed by atoms with Crippen LogP contribution >= 0.6 is 11.3 Å². The Hall–Kier alpha value is -0.450. The molecule has 16 heavy (non-hydrogen) atoms. The Kier molecular flexibility index (Phi) is 4.89. The Morgan fingerprint density at radius 1 is 1.44 bits per heavy atom. The quantitative estimate of drug-likeness (QED) is 0.833. The first-order valence-corrected chi connectivity index (χ1v) is 6.61. The van der Waals surface area contributed by atoms with Crippen LogP contribution in [0.5, 0.6) is 0 Å². The summed E-state index contributed by atoms with van der Waals surface area (Å²) < 4.78 is 5.59. The van der Waals surface area contributed by atoms with E-state index in [2.05, 4.69) is 26.1 Å². The molecule has 3 nitrogen and oxygen atoms in total. The summed E-state index contributed by atoms with van der Waals surface area (Å²) in [5.41, 5.74) is 0.965. The topological polar surface area (TPSA) is 34.1 Å². The number of ether oxygens (including phenoxy) is 1. The third-order valence-electron chi connectivity index (χ3n) is 3.03. The van der Waals surface area contributed by atoms with Crippen LogP contribution < -0.4 is 5.32 Å². The lowest BCUT2D eigenvalue weighted by Gasteiger charge is -2.23. The Morgan fingerprint density at radius 2 is 2.12 bits per heavy atom. The summed E-state index contributed by atoms with van der Waals surface area (Å²) in [5, 5.41) is 4.29. The number of thiazole rings is 1. The zero-order chi connectivity index (χ0) is 12.2. The van der Waals surface area contributed by atoms with Crippen LogP contribution in [0.1, 0.15) is 42.8 Å². The van der Waals surface area contributed by atoms with Gasteiger partial charge in [0.1, 0.15) is 10.6 Å². The molecule has 0 aromatic carbocycles. The number of aromatic nitrogens is 1. The van der Waals surface area contributed by atoms with Crippen molar-refractivity contribution in [3.8, 4) is 0 Å². The molecule has 92 valence electrons. The third-order valence-corrected chi connectivity index (χ3v) is 4.37. The van der Waals surface area contributed by atoms with Crippen LogP contribution in [0.25, 0.3) is 0 Å². The van der Waals surface area contributed by atoms with Crippen molar-refractivity contribution >= 4 is 11.3 Å². The Labute approximate surface area is 102 Å². The smallest absolute Gasteiger partial charge is 0.125 e. The van der Waals surface area contributed by atoms with E-state index in [1.807, 2.05) is 7.05 Å². The Bertz CT molecular complexity index is 332. The van der Waals surface area contributed by atoms with Crippen LogP contribution in [0.15, 0.2) is 0 Å². The molecule has 1 N–H and O–H groups in total. The lowest BCUT2D eigenvalue weighted by atomic mass is 10.1. The summed E-state index contributed by atoms with van der Waals surface area (Å²) in [6, 6.07) is 0. The van der Waals surface area contributed by atoms with E-state index in [1.165, 1.54) is 10.6 Å². The molecule has 0 aliphatic rings. The minimum atomic E-state index is -0.236. The first-order valence-electron chi connectivity index (χ1n) is 5.80. The zero-order valence-electron chi connectivity index (χ0n) is 10.9. The largest absolute Gasteiger partial charge is 0.371 e. The molecule has 1 atom stereocenters. The molecule has 0 aliphatic carbocycles. The molecule has 1 rings (SSSR count). The van der Waals surface area contributed by atoms with Gasteiger partial charge >= 0.3 is 0 Å². The van der Waals surface area contributed by atoms with Gasteiger partial charge in [0.05, 0.1) is 5.69 Å². The van der Waals surface area contributed by atoms with Gasteiger partial charge in [-0.05, 0) is 26.8 Å². The number of nitrogens with zero attached hydrogens (tertiary/aromatic N) is 1. The normalized spacial score (nSPS) is 15.1. The van der Waals surface area contributed by atoms with E-state index in [4.69, 9.17) is 9.72 Å². The van der Waals surface area contributed by atoms with Gasteiger partial charge in [0.15, 0.2) is 0 Å². The molecule has 0 fully saturated rings. The molecule has 1 heterocycles. The van der Waals surface area contributed by atoms with Crippen molar-refractivity contribution in [3.63, 3.8) is 0 Å². The van der Waals surface area contributed by atoms with Gasteiger partial charge in [-0.1, -0.05) is 13.8 Å². The van der Waals surface area contributed by atoms with Gasteiger partial charge in [-0.15, -0.1) is 11.3 Å². The van der Waals surface area contributed by atoms with Crippen molar-refractivity contribution in [1.82, 2.24) is 10.3 Å². The summed E-state index contributed by atoms with van der Waals surface area (Å²) in [6.07, 6.45) is 1.93. The molecule has 0 radical (unpaired) electrons.